The van der Waals surface area contributed by atoms with Crippen LogP contribution in [-0.4, -0.2) is 36.2 Å². The number of aromatic nitrogens is 1. The highest BCUT2D eigenvalue weighted by Crippen LogP contribution is 2.37. The highest BCUT2D eigenvalue weighted by Gasteiger charge is 2.35. The van der Waals surface area contributed by atoms with Crippen molar-refractivity contribution in [3.63, 3.8) is 0 Å². The van der Waals surface area contributed by atoms with Gasteiger partial charge in [0, 0.05) is 24.0 Å². The third kappa shape index (κ3) is 3.20. The van der Waals surface area contributed by atoms with Crippen LogP contribution in [0.5, 0.6) is 11.5 Å². The monoisotopic (exact) mass is 380 g/mol. The molecule has 8 nitrogen and oxygen atoms in total. The molecule has 28 heavy (non-hydrogen) atoms. The van der Waals surface area contributed by atoms with E-state index in [0.717, 1.165) is 4.90 Å². The van der Waals surface area contributed by atoms with Crippen molar-refractivity contribution in [2.45, 2.75) is 13.3 Å². The van der Waals surface area contributed by atoms with Crippen LogP contribution < -0.4 is 14.4 Å². The second-order valence-corrected chi connectivity index (χ2v) is 6.15. The van der Waals surface area contributed by atoms with Gasteiger partial charge in [0.15, 0.2) is 11.5 Å². The van der Waals surface area contributed by atoms with E-state index in [1.165, 1.54) is 12.4 Å². The molecule has 2 aliphatic heterocycles. The summed E-state index contributed by atoms with van der Waals surface area (Å²) in [6.07, 6.45) is 4.41. The molecule has 1 aromatic carbocycles. The largest absolute Gasteiger partial charge is 0.462 e. The molecular weight excluding hydrogens is 364 g/mol. The molecule has 1 saturated heterocycles. The molecule has 0 radical (unpaired) electrons. The molecule has 0 saturated carbocycles. The smallest absolute Gasteiger partial charge is 0.339 e. The summed E-state index contributed by atoms with van der Waals surface area (Å²) < 4.78 is 15.5. The highest BCUT2D eigenvalue weighted by molar-refractivity contribution is 6.29. The highest BCUT2D eigenvalue weighted by atomic mass is 16.7. The third-order valence-electron chi connectivity index (χ3n) is 4.29. The maximum atomic E-state index is 12.8. The van der Waals surface area contributed by atoms with Gasteiger partial charge in [-0.25, -0.2) is 9.69 Å². The summed E-state index contributed by atoms with van der Waals surface area (Å²) in [5.41, 5.74) is 1.54. The standard InChI is InChI=1S/C20H16N2O6/c1-2-26-20(25)14-6-12(9-21-10-14)5-13-7-18(23)22(19(13)24)15-3-4-16-17(8-15)28-11-27-16/h3-6,8-10H,2,7,11H2,1H3/b13-5+. The van der Waals surface area contributed by atoms with Crippen LogP contribution in [0, 0.1) is 0 Å². The van der Waals surface area contributed by atoms with Gasteiger partial charge in [-0.3, -0.25) is 14.6 Å². The molecule has 2 aromatic rings. The minimum Gasteiger partial charge on any atom is -0.462 e. The number of imide groups is 1. The number of hydrogen-bond donors (Lipinski definition) is 0. The molecule has 0 N–H and O–H groups in total. The first kappa shape index (κ1) is 17.7. The fraction of sp³-hybridized carbons (Fsp3) is 0.200. The number of carbonyl (C=O) groups is 3. The van der Waals surface area contributed by atoms with E-state index < -0.39 is 11.9 Å². The Labute approximate surface area is 160 Å². The maximum Gasteiger partial charge on any atom is 0.339 e. The van der Waals surface area contributed by atoms with Gasteiger partial charge in [0.1, 0.15) is 0 Å². The Hall–Kier alpha value is -3.68. The van der Waals surface area contributed by atoms with Gasteiger partial charge in [0.2, 0.25) is 12.7 Å². The van der Waals surface area contributed by atoms with Gasteiger partial charge in [-0.15, -0.1) is 0 Å². The van der Waals surface area contributed by atoms with E-state index in [1.54, 1.807) is 37.3 Å². The molecule has 3 heterocycles. The van der Waals surface area contributed by atoms with Crippen LogP contribution in [-0.2, 0) is 14.3 Å². The molecule has 2 aliphatic rings. The molecule has 0 bridgehead atoms. The van der Waals surface area contributed by atoms with Crippen molar-refractivity contribution in [2.24, 2.45) is 0 Å². The van der Waals surface area contributed by atoms with E-state index in [9.17, 15) is 14.4 Å². The Morgan fingerprint density at radius 3 is 2.86 bits per heavy atom. The predicted octanol–water partition coefficient (Wildman–Crippen LogP) is 2.33. The summed E-state index contributed by atoms with van der Waals surface area (Å²) in [5, 5.41) is 0. The van der Waals surface area contributed by atoms with Gasteiger partial charge in [-0.05, 0) is 36.8 Å². The number of benzene rings is 1. The molecule has 0 atom stereocenters. The molecule has 2 amide bonds. The molecule has 0 spiro atoms. The average molecular weight is 380 g/mol. The number of esters is 1. The number of fused-ring (bicyclic) bond motifs is 1. The Morgan fingerprint density at radius 1 is 1.21 bits per heavy atom. The van der Waals surface area contributed by atoms with Crippen LogP contribution in [0.15, 0.2) is 42.2 Å². The lowest BCUT2D eigenvalue weighted by Gasteiger charge is -2.13. The fourth-order valence-corrected chi connectivity index (χ4v) is 3.04. The number of nitrogens with zero attached hydrogens (tertiary/aromatic N) is 2. The van der Waals surface area contributed by atoms with E-state index in [0.29, 0.717) is 28.3 Å². The molecule has 0 unspecified atom stereocenters. The van der Waals surface area contributed by atoms with E-state index >= 15 is 0 Å². The third-order valence-corrected chi connectivity index (χ3v) is 4.29. The predicted molar refractivity (Wildman–Crippen MR) is 97.8 cm³/mol. The zero-order valence-electron chi connectivity index (χ0n) is 15.0. The Kier molecular flexibility index (Phi) is 4.52. The zero-order valence-corrected chi connectivity index (χ0v) is 15.0. The van der Waals surface area contributed by atoms with Gasteiger partial charge < -0.3 is 14.2 Å². The van der Waals surface area contributed by atoms with Crippen molar-refractivity contribution in [3.8, 4) is 11.5 Å². The van der Waals surface area contributed by atoms with Gasteiger partial charge in [0.25, 0.3) is 5.91 Å². The van der Waals surface area contributed by atoms with Crippen molar-refractivity contribution in [1.82, 2.24) is 4.98 Å². The van der Waals surface area contributed by atoms with Crippen molar-refractivity contribution < 1.29 is 28.6 Å². The summed E-state index contributed by atoms with van der Waals surface area (Å²) >= 11 is 0. The van der Waals surface area contributed by atoms with Gasteiger partial charge in [0.05, 0.1) is 24.3 Å². The SMILES string of the molecule is CCOC(=O)c1cncc(/C=C2\CC(=O)N(c3ccc4c(c3)OCO4)C2=O)c1. The van der Waals surface area contributed by atoms with E-state index in [1.807, 2.05) is 0 Å². The first-order valence-electron chi connectivity index (χ1n) is 8.66. The summed E-state index contributed by atoms with van der Waals surface area (Å²) in [6.45, 7) is 2.07. The Balaban J connectivity index is 1.60. The molecule has 1 aromatic heterocycles. The van der Waals surface area contributed by atoms with Crippen LogP contribution in [0.1, 0.15) is 29.3 Å². The minimum atomic E-state index is -0.494. The first-order chi connectivity index (χ1) is 13.6. The van der Waals surface area contributed by atoms with Crippen LogP contribution in [0.3, 0.4) is 0 Å². The summed E-state index contributed by atoms with van der Waals surface area (Å²) in [6, 6.07) is 6.46. The van der Waals surface area contributed by atoms with E-state index in [2.05, 4.69) is 4.98 Å². The van der Waals surface area contributed by atoms with Crippen LogP contribution in [0.25, 0.3) is 6.08 Å². The molecule has 4 rings (SSSR count). The number of hydrogen-bond acceptors (Lipinski definition) is 7. The summed E-state index contributed by atoms with van der Waals surface area (Å²) in [7, 11) is 0. The zero-order chi connectivity index (χ0) is 19.7. The van der Waals surface area contributed by atoms with Crippen molar-refractivity contribution >= 4 is 29.5 Å². The lowest BCUT2D eigenvalue weighted by Crippen LogP contribution is -2.28. The molecule has 1 fully saturated rings. The average Bonchev–Trinajstić information content (AvgIpc) is 3.26. The van der Waals surface area contributed by atoms with Crippen molar-refractivity contribution in [2.75, 3.05) is 18.3 Å². The molecule has 142 valence electrons. The fourth-order valence-electron chi connectivity index (χ4n) is 3.04. The molecule has 8 heteroatoms. The van der Waals surface area contributed by atoms with Crippen molar-refractivity contribution in [3.05, 3.63) is 53.4 Å². The lowest BCUT2D eigenvalue weighted by atomic mass is 10.1. The second-order valence-electron chi connectivity index (χ2n) is 6.15. The number of carbonyl (C=O) groups excluding carboxylic acids is 3. The van der Waals surface area contributed by atoms with Crippen molar-refractivity contribution in [1.29, 1.82) is 0 Å². The molecule has 0 aliphatic carbocycles. The Bertz CT molecular complexity index is 1010. The van der Waals surface area contributed by atoms with E-state index in [4.69, 9.17) is 14.2 Å². The number of anilines is 1. The quantitative estimate of drug-likeness (QED) is 0.456. The van der Waals surface area contributed by atoms with Crippen LogP contribution in [0.4, 0.5) is 5.69 Å². The summed E-state index contributed by atoms with van der Waals surface area (Å²) in [4.78, 5) is 42.2. The number of rotatable bonds is 4. The number of ether oxygens (including phenoxy) is 3. The minimum absolute atomic E-state index is 0.0447. The lowest BCUT2D eigenvalue weighted by molar-refractivity contribution is -0.120. The Morgan fingerprint density at radius 2 is 2.04 bits per heavy atom. The second kappa shape index (κ2) is 7.15. The summed E-state index contributed by atoms with van der Waals surface area (Å²) in [5.74, 6) is -0.205. The first-order valence-corrected chi connectivity index (χ1v) is 8.66. The van der Waals surface area contributed by atoms with Gasteiger partial charge in [-0.1, -0.05) is 0 Å². The van der Waals surface area contributed by atoms with Crippen LogP contribution >= 0.6 is 0 Å². The van der Waals surface area contributed by atoms with Crippen LogP contribution in [0.2, 0.25) is 0 Å². The van der Waals surface area contributed by atoms with E-state index in [-0.39, 0.29) is 31.3 Å². The molecular formula is C20H16N2O6. The number of pyridine rings is 1. The van der Waals surface area contributed by atoms with Gasteiger partial charge >= 0.3 is 5.97 Å². The number of amides is 2. The topological polar surface area (TPSA) is 95.0 Å². The van der Waals surface area contributed by atoms with Gasteiger partial charge in [-0.2, -0.15) is 0 Å². The maximum absolute atomic E-state index is 12.8. The normalized spacial score (nSPS) is 16.8.